The Kier molecular flexibility index (Phi) is 5.64. The lowest BCUT2D eigenvalue weighted by Gasteiger charge is -2.16. The van der Waals surface area contributed by atoms with Gasteiger partial charge in [-0.1, -0.05) is 6.07 Å². The van der Waals surface area contributed by atoms with Crippen LogP contribution in [0, 0.1) is 5.82 Å². The van der Waals surface area contributed by atoms with Crippen molar-refractivity contribution >= 4 is 5.69 Å². The number of nitrogens with one attached hydrogen (secondary N) is 1. The summed E-state index contributed by atoms with van der Waals surface area (Å²) in [5.74, 6) is 1.26. The predicted molar refractivity (Wildman–Crippen MR) is 87.1 cm³/mol. The van der Waals surface area contributed by atoms with Crippen LogP contribution in [-0.4, -0.2) is 12.7 Å². The van der Waals surface area contributed by atoms with Gasteiger partial charge in [-0.2, -0.15) is 0 Å². The highest BCUT2D eigenvalue weighted by Gasteiger charge is 2.08. The molecule has 0 atom stereocenters. The zero-order chi connectivity index (χ0) is 15.9. The number of ether oxygens (including phenoxy) is 2. The minimum atomic E-state index is -0.237. The van der Waals surface area contributed by atoms with Gasteiger partial charge in [0.05, 0.1) is 12.7 Å². The molecular weight excluding hydrogens is 281 g/mol. The molecule has 0 aliphatic carbocycles. The lowest BCUT2D eigenvalue weighted by Crippen LogP contribution is -2.08. The molecule has 22 heavy (non-hydrogen) atoms. The van der Waals surface area contributed by atoms with Crippen LogP contribution >= 0.6 is 0 Å². The fourth-order valence-electron chi connectivity index (χ4n) is 2.05. The summed E-state index contributed by atoms with van der Waals surface area (Å²) in [5, 5.41) is 3.25. The van der Waals surface area contributed by atoms with Gasteiger partial charge < -0.3 is 14.8 Å². The van der Waals surface area contributed by atoms with Crippen LogP contribution in [0.4, 0.5) is 10.1 Å². The molecular formula is C18H22FNO2. The zero-order valence-electron chi connectivity index (χ0n) is 13.2. The summed E-state index contributed by atoms with van der Waals surface area (Å²) >= 11 is 0. The van der Waals surface area contributed by atoms with Crippen molar-refractivity contribution in [3.8, 4) is 11.5 Å². The topological polar surface area (TPSA) is 30.5 Å². The van der Waals surface area contributed by atoms with E-state index in [1.807, 2.05) is 39.0 Å². The van der Waals surface area contributed by atoms with Crippen LogP contribution < -0.4 is 14.8 Å². The second-order valence-electron chi connectivity index (χ2n) is 5.24. The van der Waals surface area contributed by atoms with Crippen LogP contribution in [0.1, 0.15) is 26.3 Å². The van der Waals surface area contributed by atoms with E-state index in [0.717, 1.165) is 22.7 Å². The van der Waals surface area contributed by atoms with Crippen molar-refractivity contribution in [3.05, 3.63) is 53.8 Å². The third-order valence-corrected chi connectivity index (χ3v) is 3.01. The van der Waals surface area contributed by atoms with E-state index in [0.29, 0.717) is 13.2 Å². The predicted octanol–water partition coefficient (Wildman–Crippen LogP) is 4.62. The van der Waals surface area contributed by atoms with E-state index in [-0.39, 0.29) is 11.9 Å². The minimum absolute atomic E-state index is 0.0994. The second-order valence-corrected chi connectivity index (χ2v) is 5.24. The van der Waals surface area contributed by atoms with Crippen LogP contribution in [0.3, 0.4) is 0 Å². The highest BCUT2D eigenvalue weighted by molar-refractivity contribution is 5.46. The molecule has 0 fully saturated rings. The highest BCUT2D eigenvalue weighted by atomic mass is 19.1. The van der Waals surface area contributed by atoms with Gasteiger partial charge in [0.1, 0.15) is 5.82 Å². The maximum absolute atomic E-state index is 12.9. The lowest BCUT2D eigenvalue weighted by molar-refractivity contribution is 0.223. The van der Waals surface area contributed by atoms with Gasteiger partial charge in [0.2, 0.25) is 0 Å². The van der Waals surface area contributed by atoms with Gasteiger partial charge in [-0.05, 0) is 62.7 Å². The molecule has 4 heteroatoms. The largest absolute Gasteiger partial charge is 0.490 e. The third-order valence-electron chi connectivity index (χ3n) is 3.01. The Bertz CT molecular complexity index is 597. The van der Waals surface area contributed by atoms with Crippen molar-refractivity contribution in [2.45, 2.75) is 33.4 Å². The molecule has 0 spiro atoms. The number of hydrogen-bond donors (Lipinski definition) is 1. The standard InChI is InChI=1S/C18H22FNO2/c1-4-21-18-11-14(5-10-17(18)22-13(2)3)12-20-16-8-6-15(19)7-9-16/h5-11,13,20H,4,12H2,1-3H3. The summed E-state index contributed by atoms with van der Waals surface area (Å²) in [4.78, 5) is 0. The van der Waals surface area contributed by atoms with Gasteiger partial charge in [-0.3, -0.25) is 0 Å². The Morgan fingerprint density at radius 3 is 2.41 bits per heavy atom. The zero-order valence-corrected chi connectivity index (χ0v) is 13.2. The van der Waals surface area contributed by atoms with Crippen LogP contribution in [0.25, 0.3) is 0 Å². The van der Waals surface area contributed by atoms with Crippen LogP contribution in [0.5, 0.6) is 11.5 Å². The first kappa shape index (κ1) is 16.1. The minimum Gasteiger partial charge on any atom is -0.490 e. The number of benzene rings is 2. The number of anilines is 1. The molecule has 0 saturated heterocycles. The molecule has 0 aliphatic heterocycles. The van der Waals surface area contributed by atoms with Crippen LogP contribution in [0.2, 0.25) is 0 Å². The molecule has 118 valence electrons. The Labute approximate surface area is 131 Å². The summed E-state index contributed by atoms with van der Waals surface area (Å²) in [7, 11) is 0. The molecule has 0 saturated carbocycles. The molecule has 0 unspecified atom stereocenters. The van der Waals surface area contributed by atoms with Crippen LogP contribution in [0.15, 0.2) is 42.5 Å². The normalized spacial score (nSPS) is 10.6. The molecule has 0 aromatic heterocycles. The molecule has 2 aromatic carbocycles. The quantitative estimate of drug-likeness (QED) is 0.809. The van der Waals surface area contributed by atoms with Gasteiger partial charge in [0.15, 0.2) is 11.5 Å². The third kappa shape index (κ3) is 4.65. The van der Waals surface area contributed by atoms with E-state index in [1.54, 1.807) is 12.1 Å². The van der Waals surface area contributed by atoms with Gasteiger partial charge in [0.25, 0.3) is 0 Å². The monoisotopic (exact) mass is 303 g/mol. The van der Waals surface area contributed by atoms with Crippen LogP contribution in [-0.2, 0) is 6.54 Å². The molecule has 0 heterocycles. The summed E-state index contributed by atoms with van der Waals surface area (Å²) in [6, 6.07) is 12.2. The van der Waals surface area contributed by atoms with E-state index >= 15 is 0 Å². The Balaban J connectivity index is 2.07. The first-order valence-corrected chi connectivity index (χ1v) is 7.50. The fourth-order valence-corrected chi connectivity index (χ4v) is 2.05. The van der Waals surface area contributed by atoms with Crippen molar-refractivity contribution in [2.24, 2.45) is 0 Å². The van der Waals surface area contributed by atoms with Gasteiger partial charge in [-0.25, -0.2) is 4.39 Å². The summed E-state index contributed by atoms with van der Waals surface area (Å²) in [5.41, 5.74) is 1.95. The first-order chi connectivity index (χ1) is 10.6. The maximum atomic E-state index is 12.9. The van der Waals surface area contributed by atoms with Crippen molar-refractivity contribution in [2.75, 3.05) is 11.9 Å². The number of halogens is 1. The Morgan fingerprint density at radius 2 is 1.77 bits per heavy atom. The average Bonchev–Trinajstić information content (AvgIpc) is 2.49. The average molecular weight is 303 g/mol. The molecule has 3 nitrogen and oxygen atoms in total. The van der Waals surface area contributed by atoms with E-state index in [2.05, 4.69) is 5.32 Å². The SMILES string of the molecule is CCOc1cc(CNc2ccc(F)cc2)ccc1OC(C)C. The van der Waals surface area contributed by atoms with E-state index in [1.165, 1.54) is 12.1 Å². The van der Waals surface area contributed by atoms with Gasteiger partial charge in [0, 0.05) is 12.2 Å². The molecule has 1 N–H and O–H groups in total. The van der Waals surface area contributed by atoms with E-state index < -0.39 is 0 Å². The maximum Gasteiger partial charge on any atom is 0.161 e. The number of rotatable bonds is 7. The van der Waals surface area contributed by atoms with Crippen molar-refractivity contribution in [1.82, 2.24) is 0 Å². The summed E-state index contributed by atoms with van der Waals surface area (Å²) < 4.78 is 24.3. The molecule has 2 aromatic rings. The molecule has 0 radical (unpaired) electrons. The fraction of sp³-hybridized carbons (Fsp3) is 0.333. The van der Waals surface area contributed by atoms with E-state index in [9.17, 15) is 4.39 Å². The molecule has 2 rings (SSSR count). The van der Waals surface area contributed by atoms with Crippen molar-refractivity contribution in [1.29, 1.82) is 0 Å². The smallest absolute Gasteiger partial charge is 0.161 e. The molecule has 0 amide bonds. The van der Waals surface area contributed by atoms with E-state index in [4.69, 9.17) is 9.47 Å². The second kappa shape index (κ2) is 7.69. The highest BCUT2D eigenvalue weighted by Crippen LogP contribution is 2.29. The number of hydrogen-bond acceptors (Lipinski definition) is 3. The first-order valence-electron chi connectivity index (χ1n) is 7.50. The Hall–Kier alpha value is -2.23. The molecule has 0 bridgehead atoms. The Morgan fingerprint density at radius 1 is 1.05 bits per heavy atom. The molecule has 0 aliphatic rings. The summed E-state index contributed by atoms with van der Waals surface area (Å²) in [6.07, 6.45) is 0.0994. The van der Waals surface area contributed by atoms with Crippen molar-refractivity contribution < 1.29 is 13.9 Å². The summed E-state index contributed by atoms with van der Waals surface area (Å²) in [6.45, 7) is 7.14. The van der Waals surface area contributed by atoms with Crippen molar-refractivity contribution in [3.63, 3.8) is 0 Å². The van der Waals surface area contributed by atoms with Gasteiger partial charge >= 0.3 is 0 Å². The van der Waals surface area contributed by atoms with Gasteiger partial charge in [-0.15, -0.1) is 0 Å². The lowest BCUT2D eigenvalue weighted by atomic mass is 10.2.